The molecule has 0 saturated carbocycles. The molecule has 100 valence electrons. The molecule has 0 saturated heterocycles. The molecule has 1 aromatic heterocycles. The van der Waals surface area contributed by atoms with Crippen LogP contribution in [0.25, 0.3) is 0 Å². The van der Waals surface area contributed by atoms with Crippen LogP contribution in [-0.4, -0.2) is 20.6 Å². The maximum Gasteiger partial charge on any atom is 0.220 e. The van der Waals surface area contributed by atoms with E-state index in [1.807, 2.05) is 19.9 Å². The van der Waals surface area contributed by atoms with E-state index in [0.29, 0.717) is 10.1 Å². The van der Waals surface area contributed by atoms with Crippen LogP contribution < -0.4 is 0 Å². The van der Waals surface area contributed by atoms with E-state index < -0.39 is 0 Å². The van der Waals surface area contributed by atoms with E-state index >= 15 is 0 Å². The minimum atomic E-state index is 0.0260. The smallest absolute Gasteiger partial charge is 0.220 e. The third kappa shape index (κ3) is 4.92. The minimum Gasteiger partial charge on any atom is -0.476 e. The highest BCUT2D eigenvalue weighted by Crippen LogP contribution is 2.19. The van der Waals surface area contributed by atoms with Gasteiger partial charge in [-0.15, -0.1) is 0 Å². The second-order valence-electron chi connectivity index (χ2n) is 4.13. The van der Waals surface area contributed by atoms with Crippen molar-refractivity contribution in [3.8, 4) is 0 Å². The molecule has 1 unspecified atom stereocenters. The summed E-state index contributed by atoms with van der Waals surface area (Å²) in [6, 6.07) is 1.90. The quantitative estimate of drug-likeness (QED) is 0.841. The van der Waals surface area contributed by atoms with E-state index in [4.69, 9.17) is 17.0 Å². The van der Waals surface area contributed by atoms with Gasteiger partial charge in [0.1, 0.15) is 0 Å². The van der Waals surface area contributed by atoms with Crippen molar-refractivity contribution in [1.29, 1.82) is 0 Å². The van der Waals surface area contributed by atoms with Crippen LogP contribution in [0, 0.1) is 6.92 Å². The molecular weight excluding hydrogens is 266 g/mol. The Morgan fingerprint density at radius 3 is 2.89 bits per heavy atom. The van der Waals surface area contributed by atoms with Crippen molar-refractivity contribution in [3.05, 3.63) is 29.1 Å². The summed E-state index contributed by atoms with van der Waals surface area (Å²) in [7, 11) is 0. The first-order valence-electron chi connectivity index (χ1n) is 5.95. The van der Waals surface area contributed by atoms with Crippen LogP contribution in [0.4, 0.5) is 0 Å². The zero-order valence-electron chi connectivity index (χ0n) is 11.0. The highest BCUT2D eigenvalue weighted by atomic mass is 32.2. The van der Waals surface area contributed by atoms with Crippen molar-refractivity contribution >= 4 is 28.4 Å². The van der Waals surface area contributed by atoms with Gasteiger partial charge in [0.2, 0.25) is 4.38 Å². The van der Waals surface area contributed by atoms with Crippen LogP contribution in [-0.2, 0) is 17.1 Å². The second-order valence-corrected chi connectivity index (χ2v) is 5.71. The zero-order chi connectivity index (χ0) is 13.5. The Balaban J connectivity index is 2.55. The summed E-state index contributed by atoms with van der Waals surface area (Å²) in [5.41, 5.74) is 2.82. The van der Waals surface area contributed by atoms with Gasteiger partial charge in [-0.2, -0.15) is 0 Å². The van der Waals surface area contributed by atoms with Crippen LogP contribution >= 0.6 is 24.0 Å². The monoisotopic (exact) mass is 285 g/mol. The number of rotatable bonds is 5. The standard InChI is InChI=1S/C13H19NO2S2/c1-4-10(3)16-13(17)18-8-12-6-14-9(2)5-11(12)7-15/h5-6,10,15H,4,7-8H2,1-3H3. The molecule has 0 aliphatic rings. The minimum absolute atomic E-state index is 0.0260. The zero-order valence-corrected chi connectivity index (χ0v) is 12.6. The lowest BCUT2D eigenvalue weighted by Gasteiger charge is -2.13. The highest BCUT2D eigenvalue weighted by Gasteiger charge is 2.08. The molecule has 0 spiro atoms. The van der Waals surface area contributed by atoms with Crippen molar-refractivity contribution in [1.82, 2.24) is 4.98 Å². The Hall–Kier alpha value is -0.650. The SMILES string of the molecule is CCC(C)OC(=S)SCc1cnc(C)cc1CO. The number of aryl methyl sites for hydroxylation is 1. The number of aromatic nitrogens is 1. The summed E-state index contributed by atoms with van der Waals surface area (Å²) in [4.78, 5) is 4.23. The van der Waals surface area contributed by atoms with Gasteiger partial charge in [-0.1, -0.05) is 18.7 Å². The van der Waals surface area contributed by atoms with Crippen molar-refractivity contribution < 1.29 is 9.84 Å². The van der Waals surface area contributed by atoms with Gasteiger partial charge in [-0.05, 0) is 49.7 Å². The Morgan fingerprint density at radius 2 is 2.28 bits per heavy atom. The fourth-order valence-electron chi connectivity index (χ4n) is 1.34. The summed E-state index contributed by atoms with van der Waals surface area (Å²) >= 11 is 6.63. The van der Waals surface area contributed by atoms with E-state index in [2.05, 4.69) is 11.9 Å². The summed E-state index contributed by atoms with van der Waals surface area (Å²) < 4.78 is 6.08. The summed E-state index contributed by atoms with van der Waals surface area (Å²) in [6.07, 6.45) is 2.88. The van der Waals surface area contributed by atoms with Crippen molar-refractivity contribution in [2.45, 2.75) is 45.7 Å². The molecule has 5 heteroatoms. The van der Waals surface area contributed by atoms with Gasteiger partial charge in [-0.3, -0.25) is 4.98 Å². The molecule has 0 bridgehead atoms. The first-order valence-corrected chi connectivity index (χ1v) is 7.34. The molecule has 3 nitrogen and oxygen atoms in total. The van der Waals surface area contributed by atoms with Crippen molar-refractivity contribution in [2.24, 2.45) is 0 Å². The molecule has 18 heavy (non-hydrogen) atoms. The highest BCUT2D eigenvalue weighted by molar-refractivity contribution is 8.22. The molecule has 0 radical (unpaired) electrons. The van der Waals surface area contributed by atoms with Gasteiger partial charge in [0.05, 0.1) is 12.7 Å². The summed E-state index contributed by atoms with van der Waals surface area (Å²) in [6.45, 7) is 6.00. The molecule has 0 aliphatic heterocycles. The maximum atomic E-state index is 9.29. The third-order valence-corrected chi connectivity index (χ3v) is 3.84. The van der Waals surface area contributed by atoms with Crippen molar-refractivity contribution in [3.63, 3.8) is 0 Å². The Labute approximate surface area is 118 Å². The molecule has 0 aliphatic carbocycles. The van der Waals surface area contributed by atoms with Crippen LogP contribution in [0.5, 0.6) is 0 Å². The van der Waals surface area contributed by atoms with E-state index in [9.17, 15) is 5.11 Å². The predicted octanol–water partition coefficient (Wildman–Crippen LogP) is 3.22. The Bertz CT molecular complexity index is 410. The molecule has 0 fully saturated rings. The lowest BCUT2D eigenvalue weighted by Crippen LogP contribution is -2.09. The normalized spacial score (nSPS) is 12.2. The number of thioether (sulfide) groups is 1. The number of pyridine rings is 1. The molecule has 0 aromatic carbocycles. The number of thiocarbonyl (C=S) groups is 1. The summed E-state index contributed by atoms with van der Waals surface area (Å²) in [5, 5.41) is 9.29. The topological polar surface area (TPSA) is 42.4 Å². The van der Waals surface area contributed by atoms with Gasteiger partial charge >= 0.3 is 0 Å². The first kappa shape index (κ1) is 15.4. The lowest BCUT2D eigenvalue weighted by atomic mass is 10.1. The van der Waals surface area contributed by atoms with Gasteiger partial charge in [0.25, 0.3) is 0 Å². The number of aliphatic hydroxyl groups excluding tert-OH is 1. The average molecular weight is 285 g/mol. The van der Waals surface area contributed by atoms with Gasteiger partial charge in [-0.25, -0.2) is 0 Å². The van der Waals surface area contributed by atoms with Gasteiger partial charge < -0.3 is 9.84 Å². The fourth-order valence-corrected chi connectivity index (χ4v) is 2.45. The molecule has 1 heterocycles. The Morgan fingerprint density at radius 1 is 1.56 bits per heavy atom. The van der Waals surface area contributed by atoms with E-state index in [1.165, 1.54) is 11.8 Å². The molecule has 1 aromatic rings. The Kier molecular flexibility index (Phi) is 6.60. The number of hydrogen-bond acceptors (Lipinski definition) is 5. The van der Waals surface area contributed by atoms with Crippen LogP contribution in [0.2, 0.25) is 0 Å². The molecule has 1 atom stereocenters. The maximum absolute atomic E-state index is 9.29. The van der Waals surface area contributed by atoms with E-state index in [0.717, 1.165) is 23.2 Å². The molecule has 0 amide bonds. The van der Waals surface area contributed by atoms with Gasteiger partial charge in [0, 0.05) is 17.6 Å². The van der Waals surface area contributed by atoms with Crippen LogP contribution in [0.1, 0.15) is 37.1 Å². The second kappa shape index (κ2) is 7.71. The average Bonchev–Trinajstić information content (AvgIpc) is 2.36. The number of aliphatic hydroxyl groups is 1. The molecular formula is C13H19NO2S2. The molecule has 1 N–H and O–H groups in total. The number of hydrogen-bond donors (Lipinski definition) is 1. The van der Waals surface area contributed by atoms with Crippen LogP contribution in [0.3, 0.4) is 0 Å². The van der Waals surface area contributed by atoms with E-state index in [-0.39, 0.29) is 12.7 Å². The summed E-state index contributed by atoms with van der Waals surface area (Å²) in [5.74, 6) is 0.679. The largest absolute Gasteiger partial charge is 0.476 e. The number of nitrogens with zero attached hydrogens (tertiary/aromatic N) is 1. The van der Waals surface area contributed by atoms with Crippen LogP contribution in [0.15, 0.2) is 12.3 Å². The van der Waals surface area contributed by atoms with Gasteiger partial charge in [0.15, 0.2) is 0 Å². The number of ether oxygens (including phenoxy) is 1. The lowest BCUT2D eigenvalue weighted by molar-refractivity contribution is 0.217. The fraction of sp³-hybridized carbons (Fsp3) is 0.538. The van der Waals surface area contributed by atoms with E-state index in [1.54, 1.807) is 6.20 Å². The van der Waals surface area contributed by atoms with Crippen molar-refractivity contribution in [2.75, 3.05) is 0 Å². The predicted molar refractivity (Wildman–Crippen MR) is 79.6 cm³/mol. The molecule has 1 rings (SSSR count). The third-order valence-electron chi connectivity index (χ3n) is 2.61. The first-order chi connectivity index (χ1) is 8.56.